The Bertz CT molecular complexity index is 1540. The predicted octanol–water partition coefficient (Wildman–Crippen LogP) is 4.16. The van der Waals surface area contributed by atoms with Crippen LogP contribution in [-0.2, 0) is 0 Å². The third-order valence-electron chi connectivity index (χ3n) is 5.07. The van der Waals surface area contributed by atoms with Crippen molar-refractivity contribution in [3.63, 3.8) is 0 Å². The maximum Gasteiger partial charge on any atom is 0.161 e. The van der Waals surface area contributed by atoms with E-state index in [1.807, 2.05) is 12.1 Å². The second-order valence-electron chi connectivity index (χ2n) is 6.97. The molecule has 2 N–H and O–H groups in total. The van der Waals surface area contributed by atoms with Gasteiger partial charge in [0.1, 0.15) is 23.4 Å². The van der Waals surface area contributed by atoms with Crippen molar-refractivity contribution in [1.29, 1.82) is 0 Å². The minimum absolute atomic E-state index is 0.285. The van der Waals surface area contributed by atoms with E-state index in [-0.39, 0.29) is 5.82 Å². The minimum Gasteiger partial charge on any atom is -0.321 e. The Morgan fingerprint density at radius 2 is 1.65 bits per heavy atom. The molecule has 31 heavy (non-hydrogen) atoms. The maximum absolute atomic E-state index is 13.4. The molecule has 0 aliphatic heterocycles. The fraction of sp³-hybridized carbons (Fsp3) is 0. The number of imidazole rings is 1. The topological polar surface area (TPSA) is 109 Å². The average molecular weight is 408 g/mol. The van der Waals surface area contributed by atoms with E-state index in [2.05, 4.69) is 35.1 Å². The van der Waals surface area contributed by atoms with Gasteiger partial charge < -0.3 is 4.98 Å². The Morgan fingerprint density at radius 1 is 0.806 bits per heavy atom. The van der Waals surface area contributed by atoms with Crippen LogP contribution in [0.25, 0.3) is 56.0 Å². The number of aromatic amines is 2. The molecule has 6 aromatic rings. The average Bonchev–Trinajstić information content (AvgIpc) is 3.43. The van der Waals surface area contributed by atoms with Crippen LogP contribution in [0.4, 0.5) is 4.39 Å². The third kappa shape index (κ3) is 2.91. The lowest BCUT2D eigenvalue weighted by Gasteiger charge is -2.01. The van der Waals surface area contributed by atoms with Crippen molar-refractivity contribution < 1.29 is 4.39 Å². The van der Waals surface area contributed by atoms with Crippen LogP contribution in [0, 0.1) is 5.82 Å². The van der Waals surface area contributed by atoms with Crippen LogP contribution in [0.3, 0.4) is 0 Å². The Labute approximate surface area is 174 Å². The molecule has 0 saturated heterocycles. The van der Waals surface area contributed by atoms with Crippen molar-refractivity contribution >= 4 is 22.2 Å². The molecule has 148 valence electrons. The number of nitrogens with zero attached hydrogens (tertiary/aromatic N) is 6. The third-order valence-corrected chi connectivity index (χ3v) is 5.07. The Kier molecular flexibility index (Phi) is 3.79. The van der Waals surface area contributed by atoms with Gasteiger partial charge in [-0.05, 0) is 29.8 Å². The predicted molar refractivity (Wildman–Crippen MR) is 113 cm³/mol. The summed E-state index contributed by atoms with van der Waals surface area (Å²) in [5.74, 6) is 0.276. The highest BCUT2D eigenvalue weighted by molar-refractivity contribution is 5.96. The number of hydrogen-bond acceptors (Lipinski definition) is 6. The second kappa shape index (κ2) is 6.77. The number of hydrogen-bond donors (Lipinski definition) is 2. The monoisotopic (exact) mass is 408 g/mol. The van der Waals surface area contributed by atoms with E-state index in [0.29, 0.717) is 28.3 Å². The molecule has 0 radical (unpaired) electrons. The SMILES string of the molecule is Fc1ccc(-c2ccnc3[nH]c(-c4n[nH]c5ncc(-c6cncnc6)cc45)nc23)cc1. The minimum atomic E-state index is -0.285. The quantitative estimate of drug-likeness (QED) is 0.455. The van der Waals surface area contributed by atoms with Crippen LogP contribution in [-0.4, -0.2) is 40.1 Å². The molecule has 0 aliphatic rings. The van der Waals surface area contributed by atoms with Gasteiger partial charge in [0.15, 0.2) is 17.1 Å². The first kappa shape index (κ1) is 17.3. The van der Waals surface area contributed by atoms with Crippen LogP contribution >= 0.6 is 0 Å². The number of benzene rings is 1. The normalized spacial score (nSPS) is 11.4. The van der Waals surface area contributed by atoms with Crippen molar-refractivity contribution in [3.05, 3.63) is 73.3 Å². The van der Waals surface area contributed by atoms with E-state index in [1.54, 1.807) is 36.9 Å². The first-order valence-electron chi connectivity index (χ1n) is 9.47. The van der Waals surface area contributed by atoms with E-state index in [4.69, 9.17) is 4.98 Å². The Hall–Kier alpha value is -4.53. The van der Waals surface area contributed by atoms with E-state index >= 15 is 0 Å². The lowest BCUT2D eigenvalue weighted by molar-refractivity contribution is 0.628. The first-order chi connectivity index (χ1) is 15.3. The van der Waals surface area contributed by atoms with Gasteiger partial charge in [0.25, 0.3) is 0 Å². The maximum atomic E-state index is 13.4. The summed E-state index contributed by atoms with van der Waals surface area (Å²) >= 11 is 0. The standard InChI is InChI=1S/C22H13FN8/c23-15-3-1-12(2-4-15)16-5-6-26-21-18(16)28-22(29-21)19-17-7-13(10-27-20(17)31-30-19)14-8-24-11-25-9-14/h1-11H,(H,26,28,29)(H,27,30,31). The molecular weight excluding hydrogens is 395 g/mol. The number of pyridine rings is 2. The van der Waals surface area contributed by atoms with Crippen LogP contribution in [0.1, 0.15) is 0 Å². The van der Waals surface area contributed by atoms with E-state index in [1.165, 1.54) is 18.5 Å². The van der Waals surface area contributed by atoms with Gasteiger partial charge in [-0.25, -0.2) is 29.3 Å². The molecule has 6 rings (SSSR count). The molecule has 1 aromatic carbocycles. The summed E-state index contributed by atoms with van der Waals surface area (Å²) in [5, 5.41) is 8.18. The number of nitrogens with one attached hydrogen (secondary N) is 2. The van der Waals surface area contributed by atoms with Gasteiger partial charge in [-0.15, -0.1) is 0 Å². The highest BCUT2D eigenvalue weighted by atomic mass is 19.1. The zero-order chi connectivity index (χ0) is 20.8. The molecule has 5 aromatic heterocycles. The highest BCUT2D eigenvalue weighted by Crippen LogP contribution is 2.31. The van der Waals surface area contributed by atoms with E-state index in [9.17, 15) is 4.39 Å². The Balaban J connectivity index is 1.51. The molecule has 0 bridgehead atoms. The summed E-state index contributed by atoms with van der Waals surface area (Å²) in [6.07, 6.45) is 8.39. The van der Waals surface area contributed by atoms with Crippen molar-refractivity contribution in [3.8, 4) is 33.8 Å². The molecule has 0 aliphatic carbocycles. The molecule has 0 spiro atoms. The molecule has 8 nitrogen and oxygen atoms in total. The van der Waals surface area contributed by atoms with Crippen LogP contribution in [0.15, 0.2) is 67.5 Å². The summed E-state index contributed by atoms with van der Waals surface area (Å²) in [5.41, 5.74) is 6.01. The summed E-state index contributed by atoms with van der Waals surface area (Å²) in [7, 11) is 0. The van der Waals surface area contributed by atoms with Gasteiger partial charge in [0, 0.05) is 41.5 Å². The van der Waals surface area contributed by atoms with Crippen molar-refractivity contribution in [1.82, 2.24) is 40.1 Å². The first-order valence-corrected chi connectivity index (χ1v) is 9.47. The lowest BCUT2D eigenvalue weighted by Crippen LogP contribution is -1.86. The number of aromatic nitrogens is 8. The zero-order valence-corrected chi connectivity index (χ0v) is 15.9. The van der Waals surface area contributed by atoms with Gasteiger partial charge in [0.2, 0.25) is 0 Å². The summed E-state index contributed by atoms with van der Waals surface area (Å²) in [6.45, 7) is 0. The summed E-state index contributed by atoms with van der Waals surface area (Å²) in [4.78, 5) is 25.0. The fourth-order valence-electron chi connectivity index (χ4n) is 3.58. The van der Waals surface area contributed by atoms with Crippen LogP contribution in [0.5, 0.6) is 0 Å². The van der Waals surface area contributed by atoms with Crippen molar-refractivity contribution in [2.24, 2.45) is 0 Å². The highest BCUT2D eigenvalue weighted by Gasteiger charge is 2.17. The number of H-pyrrole nitrogens is 2. The molecule has 5 heterocycles. The van der Waals surface area contributed by atoms with Gasteiger partial charge in [-0.1, -0.05) is 12.1 Å². The number of rotatable bonds is 3. The number of halogens is 1. The molecule has 0 atom stereocenters. The molecular formula is C22H13FN8. The zero-order valence-electron chi connectivity index (χ0n) is 15.9. The molecule has 0 fully saturated rings. The van der Waals surface area contributed by atoms with Crippen molar-refractivity contribution in [2.45, 2.75) is 0 Å². The van der Waals surface area contributed by atoms with Crippen LogP contribution < -0.4 is 0 Å². The largest absolute Gasteiger partial charge is 0.321 e. The lowest BCUT2D eigenvalue weighted by atomic mass is 10.1. The second-order valence-corrected chi connectivity index (χ2v) is 6.97. The van der Waals surface area contributed by atoms with E-state index in [0.717, 1.165) is 27.6 Å². The molecule has 0 unspecified atom stereocenters. The van der Waals surface area contributed by atoms with Gasteiger partial charge in [-0.3, -0.25) is 5.10 Å². The molecule has 0 amide bonds. The van der Waals surface area contributed by atoms with Gasteiger partial charge in [0.05, 0.1) is 5.39 Å². The summed E-state index contributed by atoms with van der Waals surface area (Å²) in [6, 6.07) is 10.1. The number of fused-ring (bicyclic) bond motifs is 2. The fourth-order valence-corrected chi connectivity index (χ4v) is 3.58. The van der Waals surface area contributed by atoms with Gasteiger partial charge in [-0.2, -0.15) is 5.10 Å². The summed E-state index contributed by atoms with van der Waals surface area (Å²) < 4.78 is 13.4. The van der Waals surface area contributed by atoms with E-state index < -0.39 is 0 Å². The van der Waals surface area contributed by atoms with Crippen LogP contribution in [0.2, 0.25) is 0 Å². The molecule has 9 heteroatoms. The molecule has 0 saturated carbocycles. The van der Waals surface area contributed by atoms with Gasteiger partial charge >= 0.3 is 0 Å². The van der Waals surface area contributed by atoms with Crippen molar-refractivity contribution in [2.75, 3.05) is 0 Å². The Morgan fingerprint density at radius 3 is 2.48 bits per heavy atom. The smallest absolute Gasteiger partial charge is 0.161 e.